The van der Waals surface area contributed by atoms with E-state index in [-0.39, 0.29) is 20.2 Å². The molecule has 7 nitrogen and oxygen atoms in total. The first-order chi connectivity index (χ1) is 16.8. The average molecular weight is 579 g/mol. The van der Waals surface area contributed by atoms with Gasteiger partial charge in [-0.05, 0) is 24.3 Å². The predicted molar refractivity (Wildman–Crippen MR) is 107 cm³/mol. The number of hydrogen-bond donors (Lipinski definition) is 0. The van der Waals surface area contributed by atoms with Crippen LogP contribution in [0.5, 0.6) is 0 Å². The third kappa shape index (κ3) is 3.52. The van der Waals surface area contributed by atoms with E-state index in [0.29, 0.717) is 11.3 Å². The van der Waals surface area contributed by atoms with Gasteiger partial charge in [0, 0.05) is 15.5 Å². The van der Waals surface area contributed by atoms with Gasteiger partial charge in [0.1, 0.15) is 0 Å². The number of carbonyl (C=O) groups is 2. The number of carbonyl (C=O) groups excluding carboxylic acids is 2. The number of hydrogen-bond acceptors (Lipinski definition) is 7. The fourth-order valence-electron chi connectivity index (χ4n) is 3.29. The van der Waals surface area contributed by atoms with Gasteiger partial charge >= 0.3 is 33.4 Å². The van der Waals surface area contributed by atoms with Gasteiger partial charge in [-0.15, -0.1) is 20.7 Å². The van der Waals surface area contributed by atoms with Gasteiger partial charge in [-0.2, -0.15) is 47.9 Å². The Labute approximate surface area is 201 Å². The molecule has 4 rings (SSSR count). The number of rotatable bonds is 5. The van der Waals surface area contributed by atoms with Gasteiger partial charge in [0.2, 0.25) is 0 Å². The van der Waals surface area contributed by atoms with Crippen molar-refractivity contribution in [3.05, 3.63) is 57.7 Å². The van der Waals surface area contributed by atoms with E-state index in [1.807, 2.05) is 0 Å². The van der Waals surface area contributed by atoms with E-state index in [0.717, 1.165) is 12.1 Å². The van der Waals surface area contributed by atoms with Crippen LogP contribution in [0.15, 0.2) is 41.2 Å². The lowest BCUT2D eigenvalue weighted by molar-refractivity contribution is -0.383. The normalized spacial score (nSPS) is 15.6. The fourth-order valence-corrected chi connectivity index (χ4v) is 5.36. The Balaban J connectivity index is 1.80. The van der Waals surface area contributed by atoms with E-state index in [2.05, 4.69) is 4.28 Å². The summed E-state index contributed by atoms with van der Waals surface area (Å²) in [4.78, 5) is 38.0. The molecule has 37 heavy (non-hydrogen) atoms. The minimum Gasteiger partial charge on any atom is -0.289 e. The van der Waals surface area contributed by atoms with Crippen LogP contribution >= 0.6 is 11.3 Å². The smallest absolute Gasteiger partial charge is 0.289 e. The largest absolute Gasteiger partial charge is 0.460 e. The van der Waals surface area contributed by atoms with E-state index >= 15 is 0 Å². The van der Waals surface area contributed by atoms with Gasteiger partial charge in [-0.3, -0.25) is 14.4 Å². The number of hydroxylamine groups is 2. The highest BCUT2D eigenvalue weighted by Gasteiger charge is 2.86. The summed E-state index contributed by atoms with van der Waals surface area (Å²) in [6.45, 7) is 0. The molecule has 0 unspecified atom stereocenters. The topological polar surface area (TPSA) is 97.8 Å². The summed E-state index contributed by atoms with van der Waals surface area (Å²) in [5.41, 5.74) is -2.20. The summed E-state index contributed by atoms with van der Waals surface area (Å²) in [6, 6.07) is 7.61. The molecule has 0 N–H and O–H groups in total. The monoisotopic (exact) mass is 579 g/mol. The van der Waals surface area contributed by atoms with Crippen LogP contribution in [-0.2, 0) is 14.4 Å². The molecule has 1 aromatic heterocycles. The third-order valence-electron chi connectivity index (χ3n) is 5.16. The molecule has 2 aromatic carbocycles. The van der Waals surface area contributed by atoms with E-state index in [1.165, 1.54) is 24.3 Å². The molecule has 198 valence electrons. The lowest BCUT2D eigenvalue weighted by Crippen LogP contribution is -2.64. The van der Waals surface area contributed by atoms with Crippen molar-refractivity contribution >= 4 is 53.4 Å². The van der Waals surface area contributed by atoms with Crippen molar-refractivity contribution in [3.8, 4) is 0 Å². The zero-order valence-electron chi connectivity index (χ0n) is 17.1. The highest BCUT2D eigenvalue weighted by atomic mass is 32.2. The summed E-state index contributed by atoms with van der Waals surface area (Å²) >= 11 is 0.715. The minimum absolute atomic E-state index is 0.167. The summed E-state index contributed by atoms with van der Waals surface area (Å²) in [7, 11) is -7.56. The molecule has 0 saturated carbocycles. The SMILES string of the molecule is O=C1c2ccc3c(=O)c4ccccc4sc3c2C(=O)N1OS(=O)(=O)C(F)(F)C(F)(F)C(F)(F)C(F)(F)F. The standard InChI is InChI=1S/C19H6F9NO6S2/c20-16(21,18(24,25)26)17(22,23)19(27,28)37(33,34)35-29-14(31)8-5-6-9-12(30)7-3-1-2-4-10(7)36-13(9)11(8)15(29)32/h1-6H. The van der Waals surface area contributed by atoms with E-state index in [4.69, 9.17) is 0 Å². The fraction of sp³-hybridized carbons (Fsp3) is 0.211. The van der Waals surface area contributed by atoms with Crippen LogP contribution in [0.1, 0.15) is 20.7 Å². The lowest BCUT2D eigenvalue weighted by Gasteiger charge is -2.32. The number of halogens is 9. The second-order valence-electron chi connectivity index (χ2n) is 7.39. The van der Waals surface area contributed by atoms with Crippen LogP contribution in [0.4, 0.5) is 39.5 Å². The van der Waals surface area contributed by atoms with Crippen molar-refractivity contribution < 1.29 is 61.8 Å². The van der Waals surface area contributed by atoms with Crippen molar-refractivity contribution in [1.82, 2.24) is 5.06 Å². The van der Waals surface area contributed by atoms with Gasteiger partial charge in [0.25, 0.3) is 11.8 Å². The molecular weight excluding hydrogens is 573 g/mol. The van der Waals surface area contributed by atoms with Crippen molar-refractivity contribution in [3.63, 3.8) is 0 Å². The predicted octanol–water partition coefficient (Wildman–Crippen LogP) is 4.70. The summed E-state index contributed by atoms with van der Waals surface area (Å²) in [6.07, 6.45) is -7.33. The molecule has 0 aliphatic carbocycles. The first kappa shape index (κ1) is 26.8. The van der Waals surface area contributed by atoms with Crippen LogP contribution in [-0.4, -0.2) is 48.6 Å². The Morgan fingerprint density at radius 2 is 1.35 bits per heavy atom. The molecule has 0 spiro atoms. The second kappa shape index (κ2) is 7.87. The zero-order chi connectivity index (χ0) is 27.9. The number of imide groups is 1. The van der Waals surface area contributed by atoms with Crippen LogP contribution in [0.25, 0.3) is 20.2 Å². The van der Waals surface area contributed by atoms with Crippen LogP contribution in [0, 0.1) is 0 Å². The zero-order valence-corrected chi connectivity index (χ0v) is 18.7. The highest BCUT2D eigenvalue weighted by Crippen LogP contribution is 2.55. The van der Waals surface area contributed by atoms with Gasteiger partial charge in [-0.25, -0.2) is 0 Å². The number of amides is 2. The summed E-state index contributed by atoms with van der Waals surface area (Å²) < 4.78 is 145. The van der Waals surface area contributed by atoms with E-state index in [9.17, 15) is 62.3 Å². The second-order valence-corrected chi connectivity index (χ2v) is 10.0. The lowest BCUT2D eigenvalue weighted by atomic mass is 10.1. The molecule has 0 radical (unpaired) electrons. The summed E-state index contributed by atoms with van der Waals surface area (Å²) in [5, 5.41) is -8.34. The number of fused-ring (bicyclic) bond motifs is 4. The van der Waals surface area contributed by atoms with E-state index in [1.54, 1.807) is 0 Å². The van der Waals surface area contributed by atoms with Crippen molar-refractivity contribution in [2.45, 2.75) is 23.3 Å². The number of alkyl halides is 9. The van der Waals surface area contributed by atoms with Gasteiger partial charge in [-0.1, -0.05) is 12.1 Å². The van der Waals surface area contributed by atoms with Crippen molar-refractivity contribution in [1.29, 1.82) is 0 Å². The Kier molecular flexibility index (Phi) is 5.70. The quantitative estimate of drug-likeness (QED) is 0.247. The molecule has 0 atom stereocenters. The number of benzene rings is 2. The van der Waals surface area contributed by atoms with Crippen LogP contribution in [0.3, 0.4) is 0 Å². The first-order valence-electron chi connectivity index (χ1n) is 9.29. The third-order valence-corrected chi connectivity index (χ3v) is 7.60. The van der Waals surface area contributed by atoms with Crippen molar-refractivity contribution in [2.24, 2.45) is 0 Å². The average Bonchev–Trinajstić information content (AvgIpc) is 3.02. The molecule has 18 heteroatoms. The maximum Gasteiger partial charge on any atom is 0.460 e. The molecule has 1 aliphatic heterocycles. The summed E-state index contributed by atoms with van der Waals surface area (Å²) in [5.74, 6) is -19.0. The minimum atomic E-state index is -7.64. The highest BCUT2D eigenvalue weighted by molar-refractivity contribution is 7.87. The Morgan fingerprint density at radius 1 is 0.757 bits per heavy atom. The Bertz CT molecular complexity index is 1660. The van der Waals surface area contributed by atoms with Crippen LogP contribution in [0.2, 0.25) is 0 Å². The molecule has 1 aliphatic rings. The molecule has 0 bridgehead atoms. The maximum absolute atomic E-state index is 14.0. The van der Waals surface area contributed by atoms with Gasteiger partial charge in [0.05, 0.1) is 15.8 Å². The number of nitrogens with zero attached hydrogens (tertiary/aromatic N) is 1. The Hall–Kier alpha value is -3.25. The maximum atomic E-state index is 14.0. The van der Waals surface area contributed by atoms with Gasteiger partial charge < -0.3 is 0 Å². The van der Waals surface area contributed by atoms with E-state index < -0.39 is 66.8 Å². The molecule has 2 amide bonds. The molecule has 3 aromatic rings. The molecular formula is C19H6F9NO6S2. The van der Waals surface area contributed by atoms with Crippen molar-refractivity contribution in [2.75, 3.05) is 0 Å². The molecule has 0 fully saturated rings. The Morgan fingerprint density at radius 3 is 1.95 bits per heavy atom. The van der Waals surface area contributed by atoms with Crippen LogP contribution < -0.4 is 5.43 Å². The molecule has 2 heterocycles. The van der Waals surface area contributed by atoms with Gasteiger partial charge in [0.15, 0.2) is 5.43 Å². The molecule has 0 saturated heterocycles. The first-order valence-corrected chi connectivity index (χ1v) is 11.5.